The number of esters is 1. The third kappa shape index (κ3) is 27.0. The molecular formula is C40H76N2O2. The van der Waals surface area contributed by atoms with Crippen LogP contribution in [0.25, 0.3) is 0 Å². The molecule has 1 rings (SSSR count). The summed E-state index contributed by atoms with van der Waals surface area (Å²) in [6, 6.07) is 0. The Morgan fingerprint density at radius 2 is 1.05 bits per heavy atom. The molecule has 0 N–H and O–H groups in total. The van der Waals surface area contributed by atoms with Crippen molar-refractivity contribution in [1.29, 1.82) is 0 Å². The summed E-state index contributed by atoms with van der Waals surface area (Å²) in [5.41, 5.74) is 0. The third-order valence-electron chi connectivity index (χ3n) is 9.30. The van der Waals surface area contributed by atoms with Crippen molar-refractivity contribution in [3.8, 4) is 0 Å². The molecule has 4 nitrogen and oxygen atoms in total. The first-order valence-electron chi connectivity index (χ1n) is 19.9. The number of unbranched alkanes of at least 4 members (excludes halogenated alkanes) is 25. The van der Waals surface area contributed by atoms with E-state index in [0.29, 0.717) is 13.0 Å². The van der Waals surface area contributed by atoms with E-state index in [0.717, 1.165) is 38.9 Å². The molecule has 1 aliphatic rings. The fourth-order valence-corrected chi connectivity index (χ4v) is 6.34. The Balaban J connectivity index is 1.86. The molecule has 0 saturated carbocycles. The van der Waals surface area contributed by atoms with Crippen LogP contribution in [0.2, 0.25) is 0 Å². The minimum atomic E-state index is -0.0253. The second kappa shape index (κ2) is 33.1. The minimum Gasteiger partial charge on any atom is -0.464 e. The number of ether oxygens (including phenoxy) is 1. The molecule has 0 bridgehead atoms. The van der Waals surface area contributed by atoms with Crippen LogP contribution in [0.1, 0.15) is 206 Å². The van der Waals surface area contributed by atoms with Gasteiger partial charge in [-0.05, 0) is 38.5 Å². The third-order valence-corrected chi connectivity index (χ3v) is 9.30. The topological polar surface area (TPSA) is 41.9 Å². The number of nitrogens with zero attached hydrogens (tertiary/aromatic N) is 2. The van der Waals surface area contributed by atoms with Crippen molar-refractivity contribution in [2.45, 2.75) is 206 Å². The van der Waals surface area contributed by atoms with Crippen LogP contribution < -0.4 is 0 Å². The van der Waals surface area contributed by atoms with Crippen LogP contribution in [0, 0.1) is 0 Å². The van der Waals surface area contributed by atoms with Gasteiger partial charge in [-0.2, -0.15) is 0 Å². The predicted molar refractivity (Wildman–Crippen MR) is 194 cm³/mol. The first-order chi connectivity index (χ1) is 21.8. The molecule has 0 aromatic carbocycles. The molecule has 258 valence electrons. The first-order valence-corrected chi connectivity index (χ1v) is 19.9. The fraction of sp³-hybridized carbons (Fsp3) is 0.900. The Labute approximate surface area is 275 Å². The van der Waals surface area contributed by atoms with Crippen molar-refractivity contribution in [3.05, 3.63) is 12.2 Å². The summed E-state index contributed by atoms with van der Waals surface area (Å²) < 4.78 is 5.56. The quantitative estimate of drug-likeness (QED) is 0.0410. The number of rotatable bonds is 34. The number of carbonyl (C=O) groups excluding carboxylic acids is 1. The number of hydrogen-bond donors (Lipinski definition) is 0. The van der Waals surface area contributed by atoms with Gasteiger partial charge >= 0.3 is 5.97 Å². The van der Waals surface area contributed by atoms with Gasteiger partial charge in [0.25, 0.3) is 0 Å². The van der Waals surface area contributed by atoms with E-state index in [1.165, 1.54) is 173 Å². The average molecular weight is 617 g/mol. The van der Waals surface area contributed by atoms with E-state index in [9.17, 15) is 4.79 Å². The lowest BCUT2D eigenvalue weighted by molar-refractivity contribution is -0.143. The SMILES string of the molecule is CCCCCCCC/C=C\CCCCCCCC(=O)OCCN1CCN=C1CCCCCCCCCCCCCCCCC. The Morgan fingerprint density at radius 1 is 0.614 bits per heavy atom. The second-order valence-electron chi connectivity index (χ2n) is 13.5. The van der Waals surface area contributed by atoms with E-state index in [4.69, 9.17) is 9.73 Å². The van der Waals surface area contributed by atoms with Crippen LogP contribution in [0.5, 0.6) is 0 Å². The molecule has 0 aliphatic carbocycles. The van der Waals surface area contributed by atoms with Crippen LogP contribution in [0.4, 0.5) is 0 Å². The molecule has 1 aliphatic heterocycles. The van der Waals surface area contributed by atoms with Crippen LogP contribution in [0.3, 0.4) is 0 Å². The number of allylic oxidation sites excluding steroid dienone is 2. The molecule has 0 unspecified atom stereocenters. The van der Waals surface area contributed by atoms with Crippen LogP contribution in [-0.4, -0.2) is 42.9 Å². The van der Waals surface area contributed by atoms with Crippen molar-refractivity contribution in [2.75, 3.05) is 26.2 Å². The van der Waals surface area contributed by atoms with E-state index in [1.807, 2.05) is 0 Å². The summed E-state index contributed by atoms with van der Waals surface area (Å²) in [6.45, 7) is 7.76. The van der Waals surface area contributed by atoms with Crippen molar-refractivity contribution in [2.24, 2.45) is 4.99 Å². The summed E-state index contributed by atoms with van der Waals surface area (Å²) in [5.74, 6) is 1.22. The normalized spacial score (nSPS) is 13.3. The van der Waals surface area contributed by atoms with Crippen LogP contribution >= 0.6 is 0 Å². The van der Waals surface area contributed by atoms with Gasteiger partial charge < -0.3 is 9.64 Å². The number of carbonyl (C=O) groups is 1. The predicted octanol–water partition coefficient (Wildman–Crippen LogP) is 12.5. The highest BCUT2D eigenvalue weighted by Gasteiger charge is 2.16. The van der Waals surface area contributed by atoms with E-state index < -0.39 is 0 Å². The Kier molecular flexibility index (Phi) is 30.6. The summed E-state index contributed by atoms with van der Waals surface area (Å²) >= 11 is 0. The molecule has 0 aromatic heterocycles. The highest BCUT2D eigenvalue weighted by atomic mass is 16.5. The van der Waals surface area contributed by atoms with Crippen molar-refractivity contribution < 1.29 is 9.53 Å². The maximum atomic E-state index is 12.2. The molecule has 0 atom stereocenters. The number of aliphatic imine (C=N–C) groups is 1. The Hall–Kier alpha value is -1.32. The standard InChI is InChI=1S/C40H76N2O2/c1-3-5-7-9-11-13-15-17-19-21-23-25-27-29-31-33-39-41-35-36-42(39)37-38-44-40(43)34-32-30-28-26-24-22-20-18-16-14-12-10-8-6-4-2/h18,20H,3-17,19,21-38H2,1-2H3/b20-18-. The zero-order valence-electron chi connectivity index (χ0n) is 29.9. The van der Waals surface area contributed by atoms with E-state index in [1.54, 1.807) is 0 Å². The zero-order valence-corrected chi connectivity index (χ0v) is 29.9. The first kappa shape index (κ1) is 40.7. The van der Waals surface area contributed by atoms with Gasteiger partial charge in [-0.25, -0.2) is 0 Å². The monoisotopic (exact) mass is 617 g/mol. The van der Waals surface area contributed by atoms with Gasteiger partial charge in [0.05, 0.1) is 18.9 Å². The van der Waals surface area contributed by atoms with Gasteiger partial charge in [0.1, 0.15) is 6.61 Å². The molecule has 1 heterocycles. The molecule has 0 spiro atoms. The lowest BCUT2D eigenvalue weighted by Crippen LogP contribution is -2.31. The summed E-state index contributed by atoms with van der Waals surface area (Å²) in [5, 5.41) is 0. The van der Waals surface area contributed by atoms with Gasteiger partial charge in [0.15, 0.2) is 0 Å². The van der Waals surface area contributed by atoms with Gasteiger partial charge in [0, 0.05) is 19.4 Å². The fourth-order valence-electron chi connectivity index (χ4n) is 6.34. The van der Waals surface area contributed by atoms with Crippen LogP contribution in [-0.2, 0) is 9.53 Å². The maximum Gasteiger partial charge on any atom is 0.305 e. The smallest absolute Gasteiger partial charge is 0.305 e. The highest BCUT2D eigenvalue weighted by molar-refractivity contribution is 5.83. The van der Waals surface area contributed by atoms with Crippen LogP contribution in [0.15, 0.2) is 17.1 Å². The maximum absolute atomic E-state index is 12.2. The summed E-state index contributed by atoms with van der Waals surface area (Å²) in [6.07, 6.45) is 44.0. The number of amidine groups is 1. The zero-order chi connectivity index (χ0) is 31.6. The molecule has 4 heteroatoms. The summed E-state index contributed by atoms with van der Waals surface area (Å²) in [7, 11) is 0. The molecular weight excluding hydrogens is 540 g/mol. The van der Waals surface area contributed by atoms with Gasteiger partial charge in [-0.3, -0.25) is 9.79 Å². The molecule has 0 saturated heterocycles. The second-order valence-corrected chi connectivity index (χ2v) is 13.5. The lowest BCUT2D eigenvalue weighted by atomic mass is 10.0. The van der Waals surface area contributed by atoms with Crippen molar-refractivity contribution >= 4 is 11.8 Å². The van der Waals surface area contributed by atoms with Gasteiger partial charge in [-0.1, -0.05) is 167 Å². The van der Waals surface area contributed by atoms with Gasteiger partial charge in [0.2, 0.25) is 0 Å². The average Bonchev–Trinajstić information content (AvgIpc) is 3.48. The lowest BCUT2D eigenvalue weighted by Gasteiger charge is -2.20. The largest absolute Gasteiger partial charge is 0.464 e. The Morgan fingerprint density at radius 3 is 1.55 bits per heavy atom. The summed E-state index contributed by atoms with van der Waals surface area (Å²) in [4.78, 5) is 19.3. The van der Waals surface area contributed by atoms with Crippen molar-refractivity contribution in [1.82, 2.24) is 4.90 Å². The Bertz CT molecular complexity index is 674. The number of hydrogen-bond acceptors (Lipinski definition) is 4. The van der Waals surface area contributed by atoms with E-state index in [2.05, 4.69) is 30.9 Å². The van der Waals surface area contributed by atoms with Gasteiger partial charge in [-0.15, -0.1) is 0 Å². The van der Waals surface area contributed by atoms with E-state index in [-0.39, 0.29) is 5.97 Å². The van der Waals surface area contributed by atoms with Crippen molar-refractivity contribution in [3.63, 3.8) is 0 Å². The minimum absolute atomic E-state index is 0.0253. The molecule has 44 heavy (non-hydrogen) atoms. The highest BCUT2D eigenvalue weighted by Crippen LogP contribution is 2.16. The molecule has 0 amide bonds. The molecule has 0 fully saturated rings. The molecule has 0 aromatic rings. The molecule has 0 radical (unpaired) electrons. The van der Waals surface area contributed by atoms with E-state index >= 15 is 0 Å².